The van der Waals surface area contributed by atoms with Gasteiger partial charge in [0, 0.05) is 45.0 Å². The monoisotopic (exact) mass is 484 g/mol. The number of hydrogen-bond donors (Lipinski definition) is 1. The summed E-state index contributed by atoms with van der Waals surface area (Å²) in [5, 5.41) is 2.89. The molecule has 9 heteroatoms. The maximum absolute atomic E-state index is 12.9. The van der Waals surface area contributed by atoms with Crippen molar-refractivity contribution in [3.63, 3.8) is 0 Å². The van der Waals surface area contributed by atoms with Crippen LogP contribution in [-0.4, -0.2) is 80.7 Å². The molecular weight excluding hydrogens is 452 g/mol. The number of nitrogens with zero attached hydrogens (tertiary/aromatic N) is 3. The second kappa shape index (κ2) is 10.7. The molecule has 4 rings (SSSR count). The molecule has 2 heterocycles. The highest BCUT2D eigenvalue weighted by Crippen LogP contribution is 2.22. The minimum Gasteiger partial charge on any atom is -0.342 e. The number of likely N-dealkylation sites (N-methyl/N-ethyl adjacent to an activating group) is 1. The van der Waals surface area contributed by atoms with Gasteiger partial charge in [0.05, 0.1) is 17.2 Å². The zero-order chi connectivity index (χ0) is 24.1. The summed E-state index contributed by atoms with van der Waals surface area (Å²) in [6.07, 6.45) is 1.83. The summed E-state index contributed by atoms with van der Waals surface area (Å²) in [7, 11) is -1.57. The predicted molar refractivity (Wildman–Crippen MR) is 131 cm³/mol. The Labute approximate surface area is 201 Å². The zero-order valence-electron chi connectivity index (χ0n) is 19.5. The molecular formula is C25H32N4O4S. The maximum Gasteiger partial charge on any atom is 0.243 e. The summed E-state index contributed by atoms with van der Waals surface area (Å²) < 4.78 is 27.3. The molecule has 0 spiro atoms. The summed E-state index contributed by atoms with van der Waals surface area (Å²) in [4.78, 5) is 29.7. The third-order valence-electron chi connectivity index (χ3n) is 6.56. The van der Waals surface area contributed by atoms with E-state index >= 15 is 0 Å². The topological polar surface area (TPSA) is 90.0 Å². The van der Waals surface area contributed by atoms with Crippen molar-refractivity contribution in [3.8, 4) is 0 Å². The summed E-state index contributed by atoms with van der Waals surface area (Å²) in [6.45, 7) is 3.41. The van der Waals surface area contributed by atoms with E-state index in [-0.39, 0.29) is 22.6 Å². The van der Waals surface area contributed by atoms with E-state index in [4.69, 9.17) is 0 Å². The number of benzene rings is 2. The van der Waals surface area contributed by atoms with Crippen LogP contribution in [0.1, 0.15) is 18.4 Å². The number of amides is 2. The van der Waals surface area contributed by atoms with Crippen molar-refractivity contribution >= 4 is 27.5 Å². The lowest BCUT2D eigenvalue weighted by Crippen LogP contribution is -2.47. The minimum absolute atomic E-state index is 0.0298. The highest BCUT2D eigenvalue weighted by atomic mass is 32.2. The fraction of sp³-hybridized carbons (Fsp3) is 0.440. The van der Waals surface area contributed by atoms with Gasteiger partial charge in [0.1, 0.15) is 0 Å². The standard InChI is InChI=1S/C25H32N4O4S/c1-27-14-16-29(17-15-27)34(32,33)23-11-9-22(10-12-23)26-25(31)21-8-5-13-28(19-21)24(30)18-20-6-3-2-4-7-20/h2-4,6-7,9-12,21H,5,8,13-19H2,1H3,(H,26,31). The van der Waals surface area contributed by atoms with Crippen molar-refractivity contribution < 1.29 is 18.0 Å². The third-order valence-corrected chi connectivity index (χ3v) is 8.48. The van der Waals surface area contributed by atoms with E-state index in [9.17, 15) is 18.0 Å². The number of piperidine rings is 1. The molecule has 0 aromatic heterocycles. The second-order valence-electron chi connectivity index (χ2n) is 9.06. The van der Waals surface area contributed by atoms with E-state index in [0.717, 1.165) is 18.4 Å². The SMILES string of the molecule is CN1CCN(S(=O)(=O)c2ccc(NC(=O)C3CCCN(C(=O)Cc4ccccc4)C3)cc2)CC1. The number of nitrogens with one attached hydrogen (secondary N) is 1. The summed E-state index contributed by atoms with van der Waals surface area (Å²) in [5.41, 5.74) is 1.51. The Hall–Kier alpha value is -2.75. The van der Waals surface area contributed by atoms with Gasteiger partial charge in [0.15, 0.2) is 0 Å². The van der Waals surface area contributed by atoms with Gasteiger partial charge in [0.25, 0.3) is 0 Å². The smallest absolute Gasteiger partial charge is 0.243 e. The Balaban J connectivity index is 1.33. The molecule has 2 aromatic carbocycles. The van der Waals surface area contributed by atoms with Crippen LogP contribution in [0, 0.1) is 5.92 Å². The average molecular weight is 485 g/mol. The van der Waals surface area contributed by atoms with Gasteiger partial charge >= 0.3 is 0 Å². The minimum atomic E-state index is -3.54. The third kappa shape index (κ3) is 5.84. The van der Waals surface area contributed by atoms with Crippen molar-refractivity contribution in [1.82, 2.24) is 14.1 Å². The number of anilines is 1. The number of sulfonamides is 1. The molecule has 2 amide bonds. The fourth-order valence-corrected chi connectivity index (χ4v) is 5.85. The van der Waals surface area contributed by atoms with E-state index in [1.54, 1.807) is 29.2 Å². The van der Waals surface area contributed by atoms with Crippen LogP contribution in [0.15, 0.2) is 59.5 Å². The van der Waals surface area contributed by atoms with Gasteiger partial charge in [-0.25, -0.2) is 8.42 Å². The maximum atomic E-state index is 12.9. The van der Waals surface area contributed by atoms with Gasteiger partial charge in [-0.2, -0.15) is 4.31 Å². The number of rotatable bonds is 6. The first-order valence-corrected chi connectivity index (χ1v) is 13.2. The van der Waals surface area contributed by atoms with Gasteiger partial charge in [-0.3, -0.25) is 9.59 Å². The van der Waals surface area contributed by atoms with E-state index in [1.807, 2.05) is 37.4 Å². The molecule has 0 radical (unpaired) electrons. The van der Waals surface area contributed by atoms with Crippen molar-refractivity contribution in [2.45, 2.75) is 24.2 Å². The number of piperazine rings is 1. The molecule has 8 nitrogen and oxygen atoms in total. The number of carbonyl (C=O) groups excluding carboxylic acids is 2. The molecule has 2 aliphatic rings. The Morgan fingerprint density at radius 3 is 2.29 bits per heavy atom. The first-order chi connectivity index (χ1) is 16.3. The first-order valence-electron chi connectivity index (χ1n) is 11.7. The van der Waals surface area contributed by atoms with Crippen molar-refractivity contribution in [3.05, 3.63) is 60.2 Å². The lowest BCUT2D eigenvalue weighted by molar-refractivity contribution is -0.133. The quantitative estimate of drug-likeness (QED) is 0.678. The number of hydrogen-bond acceptors (Lipinski definition) is 5. The molecule has 0 saturated carbocycles. The Morgan fingerprint density at radius 1 is 0.941 bits per heavy atom. The number of carbonyl (C=O) groups is 2. The summed E-state index contributed by atoms with van der Waals surface area (Å²) in [5.74, 6) is -0.406. The van der Waals surface area contributed by atoms with Gasteiger partial charge in [-0.1, -0.05) is 30.3 Å². The molecule has 34 heavy (non-hydrogen) atoms. The second-order valence-corrected chi connectivity index (χ2v) is 11.0. The molecule has 0 aliphatic carbocycles. The number of likely N-dealkylation sites (tertiary alicyclic amines) is 1. The van der Waals surface area contributed by atoms with Gasteiger partial charge in [0.2, 0.25) is 21.8 Å². The highest BCUT2D eigenvalue weighted by molar-refractivity contribution is 7.89. The predicted octanol–water partition coefficient (Wildman–Crippen LogP) is 2.04. The molecule has 2 saturated heterocycles. The van der Waals surface area contributed by atoms with Crippen LogP contribution in [0.5, 0.6) is 0 Å². The van der Waals surface area contributed by atoms with Crippen molar-refractivity contribution in [2.75, 3.05) is 51.6 Å². The Bertz CT molecular complexity index is 1100. The van der Waals surface area contributed by atoms with Crippen LogP contribution in [0.3, 0.4) is 0 Å². The Morgan fingerprint density at radius 2 is 1.62 bits per heavy atom. The largest absolute Gasteiger partial charge is 0.342 e. The lowest BCUT2D eigenvalue weighted by atomic mass is 9.96. The van der Waals surface area contributed by atoms with Crippen LogP contribution in [0.4, 0.5) is 5.69 Å². The first kappa shape index (κ1) is 24.4. The molecule has 2 aliphatic heterocycles. The van der Waals surface area contributed by atoms with Crippen molar-refractivity contribution in [2.24, 2.45) is 5.92 Å². The normalized spacial score (nSPS) is 20.1. The van der Waals surface area contributed by atoms with Gasteiger partial charge in [-0.05, 0) is 49.7 Å². The lowest BCUT2D eigenvalue weighted by Gasteiger charge is -2.32. The van der Waals surface area contributed by atoms with Crippen molar-refractivity contribution in [1.29, 1.82) is 0 Å². The van der Waals surface area contributed by atoms with Crippen LogP contribution in [0.2, 0.25) is 0 Å². The van der Waals surface area contributed by atoms with E-state index < -0.39 is 10.0 Å². The van der Waals surface area contributed by atoms with Crippen LogP contribution >= 0.6 is 0 Å². The highest BCUT2D eigenvalue weighted by Gasteiger charge is 2.29. The molecule has 1 N–H and O–H groups in total. The molecule has 0 bridgehead atoms. The van der Waals surface area contributed by atoms with Crippen LogP contribution in [-0.2, 0) is 26.0 Å². The summed E-state index contributed by atoms with van der Waals surface area (Å²) >= 11 is 0. The van der Waals surface area contributed by atoms with E-state index in [2.05, 4.69) is 10.2 Å². The van der Waals surface area contributed by atoms with Crippen LogP contribution < -0.4 is 5.32 Å². The van der Waals surface area contributed by atoms with Gasteiger partial charge < -0.3 is 15.1 Å². The van der Waals surface area contributed by atoms with Crippen LogP contribution in [0.25, 0.3) is 0 Å². The van der Waals surface area contributed by atoms with E-state index in [1.165, 1.54) is 4.31 Å². The van der Waals surface area contributed by atoms with E-state index in [0.29, 0.717) is 51.4 Å². The molecule has 2 fully saturated rings. The molecule has 182 valence electrons. The fourth-order valence-electron chi connectivity index (χ4n) is 4.43. The molecule has 1 atom stereocenters. The molecule has 2 aromatic rings. The van der Waals surface area contributed by atoms with Gasteiger partial charge in [-0.15, -0.1) is 0 Å². The average Bonchev–Trinajstić information content (AvgIpc) is 2.85. The zero-order valence-corrected chi connectivity index (χ0v) is 20.3. The summed E-state index contributed by atoms with van der Waals surface area (Å²) in [6, 6.07) is 15.9. The molecule has 1 unspecified atom stereocenters. The Kier molecular flexibility index (Phi) is 7.65.